The van der Waals surface area contributed by atoms with Crippen molar-refractivity contribution < 1.29 is 14.6 Å². The van der Waals surface area contributed by atoms with E-state index in [9.17, 15) is 4.79 Å². The number of nitrogens with zero attached hydrogens (tertiary/aromatic N) is 1. The van der Waals surface area contributed by atoms with Crippen molar-refractivity contribution in [1.82, 2.24) is 4.90 Å². The lowest BCUT2D eigenvalue weighted by molar-refractivity contribution is -0.141. The van der Waals surface area contributed by atoms with Gasteiger partial charge in [-0.25, -0.2) is 0 Å². The largest absolute Gasteiger partial charge is 0.469 e. The molecule has 0 aromatic rings. The van der Waals surface area contributed by atoms with E-state index in [4.69, 9.17) is 10.8 Å². The fourth-order valence-electron chi connectivity index (χ4n) is 2.47. The molecule has 100 valence electrons. The van der Waals surface area contributed by atoms with Crippen molar-refractivity contribution in [3.05, 3.63) is 0 Å². The minimum Gasteiger partial charge on any atom is -0.469 e. The molecule has 0 radical (unpaired) electrons. The van der Waals surface area contributed by atoms with Crippen molar-refractivity contribution >= 4 is 5.97 Å². The molecule has 0 spiro atoms. The second kappa shape index (κ2) is 7.63. The van der Waals surface area contributed by atoms with Gasteiger partial charge in [-0.3, -0.25) is 4.79 Å². The minimum atomic E-state index is -0.170. The third-order valence-electron chi connectivity index (χ3n) is 3.28. The molecule has 3 N–H and O–H groups in total. The average Bonchev–Trinajstić information content (AvgIpc) is 2.32. The first-order valence-electron chi connectivity index (χ1n) is 6.31. The minimum absolute atomic E-state index is 0.170. The number of likely N-dealkylation sites (tertiary alicyclic amines) is 1. The Morgan fingerprint density at radius 2 is 2.29 bits per heavy atom. The second-order valence-electron chi connectivity index (χ2n) is 4.81. The van der Waals surface area contributed by atoms with Gasteiger partial charge in [0.05, 0.1) is 13.5 Å². The highest BCUT2D eigenvalue weighted by molar-refractivity contribution is 5.69. The van der Waals surface area contributed by atoms with Gasteiger partial charge in [0.15, 0.2) is 0 Å². The molecule has 0 aromatic heterocycles. The normalized spacial score (nSPS) is 25.8. The summed E-state index contributed by atoms with van der Waals surface area (Å²) in [4.78, 5) is 13.3. The standard InChI is InChI=1S/C12H24N2O3/c1-17-12(16)4-5-14-8-10(3-2-6-15)7-11(13)9-14/h10-11,15H,2-9,13H2,1H3. The number of rotatable bonds is 6. The van der Waals surface area contributed by atoms with Gasteiger partial charge >= 0.3 is 5.97 Å². The Balaban J connectivity index is 2.31. The number of nitrogens with two attached hydrogens (primary N) is 1. The number of piperidine rings is 1. The Hall–Kier alpha value is -0.650. The van der Waals surface area contributed by atoms with Gasteiger partial charge in [0.25, 0.3) is 0 Å². The maximum Gasteiger partial charge on any atom is 0.306 e. The van der Waals surface area contributed by atoms with Crippen LogP contribution in [0.15, 0.2) is 0 Å². The Bertz CT molecular complexity index is 236. The predicted molar refractivity (Wildman–Crippen MR) is 65.5 cm³/mol. The zero-order valence-corrected chi connectivity index (χ0v) is 10.6. The molecular formula is C12H24N2O3. The Morgan fingerprint density at radius 1 is 1.53 bits per heavy atom. The lowest BCUT2D eigenvalue weighted by Gasteiger charge is -2.36. The third-order valence-corrected chi connectivity index (χ3v) is 3.28. The molecule has 1 aliphatic heterocycles. The Morgan fingerprint density at radius 3 is 2.94 bits per heavy atom. The molecule has 1 rings (SSSR count). The summed E-state index contributed by atoms with van der Waals surface area (Å²) >= 11 is 0. The molecule has 2 unspecified atom stereocenters. The van der Waals surface area contributed by atoms with Crippen LogP contribution in [0.1, 0.15) is 25.7 Å². The van der Waals surface area contributed by atoms with Crippen LogP contribution in [0.4, 0.5) is 0 Å². The molecule has 5 nitrogen and oxygen atoms in total. The fourth-order valence-corrected chi connectivity index (χ4v) is 2.47. The first-order valence-corrected chi connectivity index (χ1v) is 6.31. The number of esters is 1. The molecule has 17 heavy (non-hydrogen) atoms. The van der Waals surface area contributed by atoms with Crippen LogP contribution in [0.5, 0.6) is 0 Å². The van der Waals surface area contributed by atoms with E-state index in [0.717, 1.165) is 38.9 Å². The first-order chi connectivity index (χ1) is 8.15. The highest BCUT2D eigenvalue weighted by atomic mass is 16.5. The van der Waals surface area contributed by atoms with Crippen molar-refractivity contribution in [3.63, 3.8) is 0 Å². The van der Waals surface area contributed by atoms with Crippen molar-refractivity contribution in [2.75, 3.05) is 33.4 Å². The summed E-state index contributed by atoms with van der Waals surface area (Å²) in [7, 11) is 1.41. The van der Waals surface area contributed by atoms with E-state index >= 15 is 0 Å². The van der Waals surface area contributed by atoms with E-state index in [1.54, 1.807) is 0 Å². The van der Waals surface area contributed by atoms with Gasteiger partial charge in [0.2, 0.25) is 0 Å². The molecule has 0 aromatic carbocycles. The summed E-state index contributed by atoms with van der Waals surface area (Å²) in [6.07, 6.45) is 3.30. The highest BCUT2D eigenvalue weighted by Crippen LogP contribution is 2.20. The smallest absolute Gasteiger partial charge is 0.306 e. The summed E-state index contributed by atoms with van der Waals surface area (Å²) in [6, 6.07) is 0.185. The number of hydrogen-bond donors (Lipinski definition) is 2. The average molecular weight is 244 g/mol. The molecular weight excluding hydrogens is 220 g/mol. The van der Waals surface area contributed by atoms with Crippen LogP contribution >= 0.6 is 0 Å². The quantitative estimate of drug-likeness (QED) is 0.642. The van der Waals surface area contributed by atoms with E-state index in [1.165, 1.54) is 7.11 Å². The van der Waals surface area contributed by atoms with Gasteiger partial charge in [-0.1, -0.05) is 0 Å². The van der Waals surface area contributed by atoms with Crippen molar-refractivity contribution in [2.45, 2.75) is 31.7 Å². The van der Waals surface area contributed by atoms with Crippen LogP contribution in [-0.4, -0.2) is 55.4 Å². The van der Waals surface area contributed by atoms with Gasteiger partial charge in [-0.15, -0.1) is 0 Å². The number of ether oxygens (including phenoxy) is 1. The van der Waals surface area contributed by atoms with Crippen LogP contribution in [0.3, 0.4) is 0 Å². The number of carbonyl (C=O) groups is 1. The van der Waals surface area contributed by atoms with Crippen molar-refractivity contribution in [1.29, 1.82) is 0 Å². The predicted octanol–water partition coefficient (Wildman–Crippen LogP) is -0.0288. The second-order valence-corrected chi connectivity index (χ2v) is 4.81. The van der Waals surface area contributed by atoms with E-state index < -0.39 is 0 Å². The van der Waals surface area contributed by atoms with E-state index in [2.05, 4.69) is 9.64 Å². The maximum absolute atomic E-state index is 11.1. The molecule has 0 saturated carbocycles. The van der Waals surface area contributed by atoms with Crippen molar-refractivity contribution in [2.24, 2.45) is 11.7 Å². The molecule has 0 aliphatic carbocycles. The van der Waals surface area contributed by atoms with Crippen LogP contribution in [0.2, 0.25) is 0 Å². The molecule has 0 bridgehead atoms. The highest BCUT2D eigenvalue weighted by Gasteiger charge is 2.24. The SMILES string of the molecule is COC(=O)CCN1CC(N)CC(CCCO)C1. The number of aliphatic hydroxyl groups excluding tert-OH is 1. The van der Waals surface area contributed by atoms with E-state index in [1.807, 2.05) is 0 Å². The van der Waals surface area contributed by atoms with Gasteiger partial charge in [-0.05, 0) is 25.2 Å². The fraction of sp³-hybridized carbons (Fsp3) is 0.917. The molecule has 5 heteroatoms. The Kier molecular flexibility index (Phi) is 6.47. The monoisotopic (exact) mass is 244 g/mol. The number of carbonyl (C=O) groups excluding carboxylic acids is 1. The third kappa shape index (κ3) is 5.48. The van der Waals surface area contributed by atoms with Gasteiger partial charge in [-0.2, -0.15) is 0 Å². The zero-order valence-electron chi connectivity index (χ0n) is 10.6. The van der Waals surface area contributed by atoms with Gasteiger partial charge < -0.3 is 20.5 Å². The Labute approximate surface area is 103 Å². The summed E-state index contributed by atoms with van der Waals surface area (Å²) in [5.41, 5.74) is 6.01. The molecule has 1 fully saturated rings. The van der Waals surface area contributed by atoms with Crippen LogP contribution in [-0.2, 0) is 9.53 Å². The maximum atomic E-state index is 11.1. The van der Waals surface area contributed by atoms with Gasteiger partial charge in [0.1, 0.15) is 0 Å². The molecule has 1 heterocycles. The van der Waals surface area contributed by atoms with Crippen LogP contribution in [0.25, 0.3) is 0 Å². The lowest BCUT2D eigenvalue weighted by atomic mass is 9.91. The molecule has 0 amide bonds. The topological polar surface area (TPSA) is 75.8 Å². The molecule has 1 aliphatic rings. The summed E-state index contributed by atoms with van der Waals surface area (Å²) in [5, 5.41) is 8.83. The van der Waals surface area contributed by atoms with E-state index in [0.29, 0.717) is 12.3 Å². The zero-order chi connectivity index (χ0) is 12.7. The summed E-state index contributed by atoms with van der Waals surface area (Å²) < 4.78 is 4.63. The first kappa shape index (κ1) is 14.4. The molecule has 2 atom stereocenters. The lowest BCUT2D eigenvalue weighted by Crippen LogP contribution is -2.47. The van der Waals surface area contributed by atoms with Crippen LogP contribution < -0.4 is 5.73 Å². The number of methoxy groups -OCH3 is 1. The number of hydrogen-bond acceptors (Lipinski definition) is 5. The van der Waals surface area contributed by atoms with E-state index in [-0.39, 0.29) is 18.6 Å². The molecule has 1 saturated heterocycles. The summed E-state index contributed by atoms with van der Waals surface area (Å²) in [6.45, 7) is 2.79. The number of aliphatic hydroxyl groups is 1. The van der Waals surface area contributed by atoms with Gasteiger partial charge in [0, 0.05) is 32.3 Å². The van der Waals surface area contributed by atoms with Crippen molar-refractivity contribution in [3.8, 4) is 0 Å². The summed E-state index contributed by atoms with van der Waals surface area (Å²) in [5.74, 6) is 0.375. The van der Waals surface area contributed by atoms with Crippen LogP contribution in [0, 0.1) is 5.92 Å².